The van der Waals surface area contributed by atoms with Crippen LogP contribution < -0.4 is 10.7 Å². The molecule has 29 heavy (non-hydrogen) atoms. The molecule has 8 heteroatoms. The monoisotopic (exact) mass is 427 g/mol. The van der Waals surface area contributed by atoms with Gasteiger partial charge in [-0.1, -0.05) is 54.6 Å². The molecule has 4 rings (SSSR count). The number of halogens is 1. The summed E-state index contributed by atoms with van der Waals surface area (Å²) in [6.45, 7) is 6.07. The van der Waals surface area contributed by atoms with Gasteiger partial charge in [-0.15, -0.1) is 10.2 Å². The highest BCUT2D eigenvalue weighted by Gasteiger charge is 2.37. The number of carbonyl (C=O) groups excluding carboxylic acids is 1. The summed E-state index contributed by atoms with van der Waals surface area (Å²) in [7, 11) is 0. The average Bonchev–Trinajstić information content (AvgIpc) is 3.13. The van der Waals surface area contributed by atoms with Crippen LogP contribution in [-0.4, -0.2) is 26.0 Å². The third-order valence-corrected chi connectivity index (χ3v) is 6.64. The molecule has 0 spiro atoms. The zero-order valence-electron chi connectivity index (χ0n) is 16.4. The van der Waals surface area contributed by atoms with Crippen LogP contribution in [0.25, 0.3) is 0 Å². The first kappa shape index (κ1) is 19.8. The molecule has 2 N–H and O–H groups in total. The first-order valence-corrected chi connectivity index (χ1v) is 10.7. The number of anilines is 1. The summed E-state index contributed by atoms with van der Waals surface area (Å²) < 4.78 is 1.88. The predicted octanol–water partition coefficient (Wildman–Crippen LogP) is 4.51. The second kappa shape index (κ2) is 8.08. The van der Waals surface area contributed by atoms with Crippen molar-refractivity contribution in [3.05, 3.63) is 70.0 Å². The van der Waals surface area contributed by atoms with Crippen LogP contribution in [0.4, 0.5) is 5.69 Å². The highest BCUT2D eigenvalue weighted by atomic mass is 35.5. The van der Waals surface area contributed by atoms with Crippen molar-refractivity contribution in [3.63, 3.8) is 0 Å². The number of nitrogens with zero attached hydrogens (tertiary/aromatic N) is 3. The lowest BCUT2D eigenvalue weighted by atomic mass is 10.0. The van der Waals surface area contributed by atoms with E-state index in [4.69, 9.17) is 11.6 Å². The van der Waals surface area contributed by atoms with Crippen LogP contribution in [-0.2, 0) is 11.2 Å². The normalized spacial score (nSPS) is 18.1. The molecular weight excluding hydrogens is 406 g/mol. The number of rotatable bonds is 4. The minimum absolute atomic E-state index is 0.0801. The van der Waals surface area contributed by atoms with Gasteiger partial charge in [0.15, 0.2) is 5.82 Å². The number of hydrogen-bond donors (Lipinski definition) is 2. The Morgan fingerprint density at radius 1 is 1.21 bits per heavy atom. The van der Waals surface area contributed by atoms with Gasteiger partial charge in [-0.25, -0.2) is 4.68 Å². The van der Waals surface area contributed by atoms with E-state index in [9.17, 15) is 4.79 Å². The van der Waals surface area contributed by atoms with Crippen molar-refractivity contribution in [3.8, 4) is 0 Å². The van der Waals surface area contributed by atoms with Crippen molar-refractivity contribution < 1.29 is 4.79 Å². The molecule has 2 atom stereocenters. The molecule has 150 valence electrons. The van der Waals surface area contributed by atoms with Gasteiger partial charge in [-0.3, -0.25) is 4.79 Å². The minimum Gasteiger partial charge on any atom is -0.325 e. The highest BCUT2D eigenvalue weighted by Crippen LogP contribution is 2.38. The van der Waals surface area contributed by atoms with Gasteiger partial charge in [0.05, 0.1) is 6.04 Å². The van der Waals surface area contributed by atoms with Crippen molar-refractivity contribution in [2.45, 2.75) is 43.6 Å². The van der Waals surface area contributed by atoms with Gasteiger partial charge < -0.3 is 10.7 Å². The summed E-state index contributed by atoms with van der Waals surface area (Å²) in [4.78, 5) is 13.3. The Labute approximate surface area is 179 Å². The summed E-state index contributed by atoms with van der Waals surface area (Å²) in [5.41, 5.74) is 7.45. The van der Waals surface area contributed by atoms with E-state index < -0.39 is 5.25 Å². The van der Waals surface area contributed by atoms with Gasteiger partial charge >= 0.3 is 0 Å². The van der Waals surface area contributed by atoms with Crippen LogP contribution in [0.15, 0.2) is 47.6 Å². The van der Waals surface area contributed by atoms with Gasteiger partial charge in [-0.05, 0) is 48.7 Å². The van der Waals surface area contributed by atoms with Crippen LogP contribution in [0.5, 0.6) is 0 Å². The molecule has 0 saturated carbocycles. The number of carbonyl (C=O) groups is 1. The fraction of sp³-hybridized carbons (Fsp3) is 0.286. The van der Waals surface area contributed by atoms with E-state index in [2.05, 4.69) is 20.9 Å². The summed E-state index contributed by atoms with van der Waals surface area (Å²) >= 11 is 7.49. The third-order valence-electron chi connectivity index (χ3n) is 5.17. The molecule has 0 bridgehead atoms. The maximum atomic E-state index is 13.3. The van der Waals surface area contributed by atoms with Gasteiger partial charge in [0.25, 0.3) is 0 Å². The lowest BCUT2D eigenvalue weighted by Crippen LogP contribution is -2.41. The van der Waals surface area contributed by atoms with E-state index in [1.165, 1.54) is 11.8 Å². The molecule has 0 radical (unpaired) electrons. The summed E-state index contributed by atoms with van der Waals surface area (Å²) in [6.07, 6.45) is 0.743. The van der Waals surface area contributed by atoms with Gasteiger partial charge in [0.1, 0.15) is 5.25 Å². The molecule has 3 aromatic rings. The van der Waals surface area contributed by atoms with Crippen molar-refractivity contribution >= 4 is 35.0 Å². The van der Waals surface area contributed by atoms with Crippen molar-refractivity contribution in [2.75, 3.05) is 10.7 Å². The molecule has 0 unspecified atom stereocenters. The van der Waals surface area contributed by atoms with E-state index in [1.807, 2.05) is 67.9 Å². The lowest BCUT2D eigenvalue weighted by Gasteiger charge is -2.33. The molecule has 0 aliphatic carbocycles. The molecule has 1 aromatic heterocycles. The molecular formula is C21H22ClN5OS. The largest absolute Gasteiger partial charge is 0.325 e. The average molecular weight is 428 g/mol. The van der Waals surface area contributed by atoms with E-state index >= 15 is 0 Å². The molecule has 0 saturated heterocycles. The number of benzene rings is 2. The van der Waals surface area contributed by atoms with Crippen molar-refractivity contribution in [2.24, 2.45) is 0 Å². The second-order valence-corrected chi connectivity index (χ2v) is 8.57. The van der Waals surface area contributed by atoms with Crippen LogP contribution in [0.3, 0.4) is 0 Å². The zero-order chi connectivity index (χ0) is 20.5. The molecule has 2 heterocycles. The number of aryl methyl sites for hydroxylation is 2. The van der Waals surface area contributed by atoms with Crippen molar-refractivity contribution in [1.82, 2.24) is 14.9 Å². The maximum Gasteiger partial charge on any atom is 0.240 e. The lowest BCUT2D eigenvalue weighted by molar-refractivity contribution is -0.116. The van der Waals surface area contributed by atoms with E-state index in [0.717, 1.165) is 34.6 Å². The van der Waals surface area contributed by atoms with Crippen LogP contribution in [0.1, 0.15) is 35.5 Å². The second-order valence-electron chi connectivity index (χ2n) is 7.02. The Bertz CT molecular complexity index is 1050. The number of amides is 1. The predicted molar refractivity (Wildman–Crippen MR) is 117 cm³/mol. The van der Waals surface area contributed by atoms with E-state index in [1.54, 1.807) is 0 Å². The molecule has 2 aromatic carbocycles. The first-order chi connectivity index (χ1) is 14.0. The molecule has 1 amide bonds. The van der Waals surface area contributed by atoms with Crippen LogP contribution in [0, 0.1) is 13.8 Å². The fourth-order valence-electron chi connectivity index (χ4n) is 3.34. The SMILES string of the molecule is CCc1nnc2n1N[C@@H](c1ccc(Cl)cc1)[C@@H](C(=O)Nc1cccc(C)c1C)S2. The number of aromatic nitrogens is 3. The zero-order valence-corrected chi connectivity index (χ0v) is 18.0. The summed E-state index contributed by atoms with van der Waals surface area (Å²) in [5, 5.41) is 12.5. The molecule has 1 aliphatic heterocycles. The third kappa shape index (κ3) is 3.84. The van der Waals surface area contributed by atoms with Crippen molar-refractivity contribution in [1.29, 1.82) is 0 Å². The smallest absolute Gasteiger partial charge is 0.240 e. The molecule has 1 aliphatic rings. The van der Waals surface area contributed by atoms with Gasteiger partial charge in [0, 0.05) is 17.1 Å². The van der Waals surface area contributed by atoms with Gasteiger partial charge in [-0.2, -0.15) is 0 Å². The number of thioether (sulfide) groups is 1. The fourth-order valence-corrected chi connectivity index (χ4v) is 4.56. The number of nitrogens with one attached hydrogen (secondary N) is 2. The number of fused-ring (bicyclic) bond motifs is 1. The topological polar surface area (TPSA) is 71.8 Å². The Morgan fingerprint density at radius 2 is 1.97 bits per heavy atom. The van der Waals surface area contributed by atoms with E-state index in [0.29, 0.717) is 10.2 Å². The maximum absolute atomic E-state index is 13.3. The number of hydrogen-bond acceptors (Lipinski definition) is 5. The van der Waals surface area contributed by atoms with E-state index in [-0.39, 0.29) is 11.9 Å². The highest BCUT2D eigenvalue weighted by molar-refractivity contribution is 8.00. The summed E-state index contributed by atoms with van der Waals surface area (Å²) in [6, 6.07) is 13.2. The minimum atomic E-state index is -0.419. The van der Waals surface area contributed by atoms with Crippen LogP contribution in [0.2, 0.25) is 5.02 Å². The Kier molecular flexibility index (Phi) is 5.52. The van der Waals surface area contributed by atoms with Gasteiger partial charge in [0.2, 0.25) is 11.1 Å². The standard InChI is InChI=1S/C21H22ClN5OS/c1-4-17-24-25-21-27(17)26-18(14-8-10-15(22)11-9-14)19(29-21)20(28)23-16-7-5-6-12(2)13(16)3/h5-11,18-19,26H,4H2,1-3H3,(H,23,28)/t18-,19-/m0/s1. The molecule has 6 nitrogen and oxygen atoms in total. The Balaban J connectivity index is 1.69. The molecule has 0 fully saturated rings. The van der Waals surface area contributed by atoms with Crippen LogP contribution >= 0.6 is 23.4 Å². The first-order valence-electron chi connectivity index (χ1n) is 9.48. The Morgan fingerprint density at radius 3 is 2.69 bits per heavy atom. The Hall–Kier alpha value is -2.51. The quantitative estimate of drug-likeness (QED) is 0.641. The summed E-state index contributed by atoms with van der Waals surface area (Å²) in [5.74, 6) is 0.753.